The second-order valence-corrected chi connectivity index (χ2v) is 8.09. The van der Waals surface area contributed by atoms with E-state index in [9.17, 15) is 4.79 Å². The number of carbonyl (C=O) groups excluding carboxylic acids is 1. The fourth-order valence-electron chi connectivity index (χ4n) is 4.09. The lowest BCUT2D eigenvalue weighted by molar-refractivity contribution is -0.120. The molecule has 5 nitrogen and oxygen atoms in total. The lowest BCUT2D eigenvalue weighted by Gasteiger charge is -2.18. The summed E-state index contributed by atoms with van der Waals surface area (Å²) < 4.78 is 10.6. The molecule has 0 aliphatic heterocycles. The van der Waals surface area contributed by atoms with Crippen LogP contribution in [0.2, 0.25) is 0 Å². The third-order valence-electron chi connectivity index (χ3n) is 5.50. The summed E-state index contributed by atoms with van der Waals surface area (Å²) in [6, 6.07) is 5.72. The van der Waals surface area contributed by atoms with Gasteiger partial charge >= 0.3 is 0 Å². The van der Waals surface area contributed by atoms with Crippen molar-refractivity contribution in [3.8, 4) is 22.1 Å². The van der Waals surface area contributed by atoms with Crippen LogP contribution in [0.1, 0.15) is 18.5 Å². The van der Waals surface area contributed by atoms with Crippen molar-refractivity contribution in [3.05, 3.63) is 41.4 Å². The van der Waals surface area contributed by atoms with E-state index in [1.807, 2.05) is 23.6 Å². The third-order valence-corrected chi connectivity index (χ3v) is 6.44. The molecule has 0 unspecified atom stereocenters. The van der Waals surface area contributed by atoms with Crippen molar-refractivity contribution in [2.24, 2.45) is 17.8 Å². The molecule has 3 atom stereocenters. The van der Waals surface area contributed by atoms with Crippen molar-refractivity contribution in [1.82, 2.24) is 10.3 Å². The van der Waals surface area contributed by atoms with Crippen molar-refractivity contribution in [2.75, 3.05) is 20.8 Å². The smallest absolute Gasteiger partial charge is 0.226 e. The van der Waals surface area contributed by atoms with Crippen molar-refractivity contribution >= 4 is 17.2 Å². The minimum absolute atomic E-state index is 0.0471. The molecule has 1 fully saturated rings. The number of rotatable bonds is 7. The molecule has 4 rings (SSSR count). The van der Waals surface area contributed by atoms with E-state index in [-0.39, 0.29) is 5.91 Å². The number of nitrogens with one attached hydrogen (secondary N) is 1. The van der Waals surface area contributed by atoms with Crippen molar-refractivity contribution in [2.45, 2.75) is 19.3 Å². The number of fused-ring (bicyclic) bond motifs is 2. The van der Waals surface area contributed by atoms with E-state index in [0.717, 1.165) is 28.7 Å². The molecule has 1 aromatic carbocycles. The van der Waals surface area contributed by atoms with E-state index in [1.165, 1.54) is 24.2 Å². The maximum absolute atomic E-state index is 12.3. The highest BCUT2D eigenvalue weighted by molar-refractivity contribution is 7.13. The Morgan fingerprint density at radius 3 is 2.78 bits per heavy atom. The number of ether oxygens (including phenoxy) is 2. The van der Waals surface area contributed by atoms with E-state index in [2.05, 4.69) is 22.5 Å². The first-order valence-electron chi connectivity index (χ1n) is 9.28. The van der Waals surface area contributed by atoms with Gasteiger partial charge in [-0.15, -0.1) is 11.3 Å². The summed E-state index contributed by atoms with van der Waals surface area (Å²) in [6.07, 6.45) is 7.44. The van der Waals surface area contributed by atoms with Crippen LogP contribution in [-0.2, 0) is 11.2 Å². The molecule has 1 N–H and O–H groups in total. The fourth-order valence-corrected chi connectivity index (χ4v) is 4.91. The summed E-state index contributed by atoms with van der Waals surface area (Å²) in [5, 5.41) is 5.92. The first-order chi connectivity index (χ1) is 13.2. The quantitative estimate of drug-likeness (QED) is 0.740. The molecule has 2 aromatic rings. The molecular formula is C21H24N2O3S. The molecule has 1 heterocycles. The summed E-state index contributed by atoms with van der Waals surface area (Å²) in [7, 11) is 3.23. The molecule has 2 aliphatic carbocycles. The van der Waals surface area contributed by atoms with Crippen molar-refractivity contribution in [1.29, 1.82) is 0 Å². The zero-order valence-electron chi connectivity index (χ0n) is 15.6. The maximum Gasteiger partial charge on any atom is 0.226 e. The van der Waals surface area contributed by atoms with Gasteiger partial charge in [-0.25, -0.2) is 4.98 Å². The van der Waals surface area contributed by atoms with Crippen LogP contribution in [0.5, 0.6) is 11.5 Å². The lowest BCUT2D eigenvalue weighted by Crippen LogP contribution is -2.32. The highest BCUT2D eigenvalue weighted by Crippen LogP contribution is 2.43. The van der Waals surface area contributed by atoms with E-state index < -0.39 is 0 Å². The highest BCUT2D eigenvalue weighted by atomic mass is 32.1. The molecule has 2 aliphatic rings. The van der Waals surface area contributed by atoms with Crippen LogP contribution >= 0.6 is 11.3 Å². The highest BCUT2D eigenvalue weighted by Gasteiger charge is 2.35. The number of hydrogen-bond donors (Lipinski definition) is 1. The Morgan fingerprint density at radius 1 is 1.22 bits per heavy atom. The predicted molar refractivity (Wildman–Crippen MR) is 106 cm³/mol. The number of benzene rings is 1. The number of carbonyl (C=O) groups is 1. The fraction of sp³-hybridized carbons (Fsp3) is 0.429. The van der Waals surface area contributed by atoms with Gasteiger partial charge in [-0.2, -0.15) is 0 Å². The minimum atomic E-state index is 0.0471. The minimum Gasteiger partial charge on any atom is -0.493 e. The molecule has 1 saturated carbocycles. The molecular weight excluding hydrogens is 360 g/mol. The molecule has 0 spiro atoms. The van der Waals surface area contributed by atoms with E-state index in [0.29, 0.717) is 29.8 Å². The van der Waals surface area contributed by atoms with E-state index >= 15 is 0 Å². The molecule has 142 valence electrons. The number of thiazole rings is 1. The van der Waals surface area contributed by atoms with Gasteiger partial charge < -0.3 is 14.8 Å². The number of amides is 1. The molecule has 0 radical (unpaired) electrons. The van der Waals surface area contributed by atoms with Gasteiger partial charge in [-0.3, -0.25) is 4.79 Å². The van der Waals surface area contributed by atoms with Gasteiger partial charge in [0, 0.05) is 17.5 Å². The second kappa shape index (κ2) is 7.72. The summed E-state index contributed by atoms with van der Waals surface area (Å²) in [5.74, 6) is 3.40. The Morgan fingerprint density at radius 2 is 2.07 bits per heavy atom. The molecule has 2 bridgehead atoms. The zero-order valence-corrected chi connectivity index (χ0v) is 16.4. The summed E-state index contributed by atoms with van der Waals surface area (Å²) >= 11 is 1.53. The number of allylic oxidation sites excluding steroid dienone is 2. The summed E-state index contributed by atoms with van der Waals surface area (Å²) in [6.45, 7) is 0.775. The second-order valence-electron chi connectivity index (χ2n) is 7.23. The van der Waals surface area contributed by atoms with Crippen LogP contribution in [0.4, 0.5) is 0 Å². The van der Waals surface area contributed by atoms with Crippen molar-refractivity contribution < 1.29 is 14.3 Å². The Hall–Kier alpha value is -2.34. The van der Waals surface area contributed by atoms with E-state index in [1.54, 1.807) is 14.2 Å². The summed E-state index contributed by atoms with van der Waals surface area (Å²) in [5.41, 5.74) is 1.76. The van der Waals surface area contributed by atoms with Gasteiger partial charge in [-0.1, -0.05) is 12.2 Å². The van der Waals surface area contributed by atoms with Crippen LogP contribution in [0.25, 0.3) is 10.6 Å². The maximum atomic E-state index is 12.3. The topological polar surface area (TPSA) is 60.5 Å². The normalized spacial score (nSPS) is 22.8. The van der Waals surface area contributed by atoms with Crippen molar-refractivity contribution in [3.63, 3.8) is 0 Å². The number of aromatic nitrogens is 1. The monoisotopic (exact) mass is 384 g/mol. The number of hydrogen-bond acceptors (Lipinski definition) is 5. The first kappa shape index (κ1) is 18.0. The molecule has 1 amide bonds. The van der Waals surface area contributed by atoms with Crippen LogP contribution in [0, 0.1) is 17.8 Å². The van der Waals surface area contributed by atoms with Gasteiger partial charge in [0.1, 0.15) is 5.01 Å². The van der Waals surface area contributed by atoms with Gasteiger partial charge in [0.2, 0.25) is 5.91 Å². The number of methoxy groups -OCH3 is 2. The van der Waals surface area contributed by atoms with Gasteiger partial charge in [0.25, 0.3) is 0 Å². The third kappa shape index (κ3) is 3.86. The van der Waals surface area contributed by atoms with Crippen LogP contribution in [0.3, 0.4) is 0 Å². The lowest BCUT2D eigenvalue weighted by atomic mass is 9.93. The molecule has 1 aromatic heterocycles. The van der Waals surface area contributed by atoms with Crippen LogP contribution in [-0.4, -0.2) is 31.7 Å². The van der Waals surface area contributed by atoms with Gasteiger partial charge in [-0.05, 0) is 48.8 Å². The standard InChI is InChI=1S/C21H24N2O3S/c1-25-18-6-5-15(9-19(18)26-2)21-23-17(12-27-21)10-20(24)22-11-16-8-13-3-4-14(16)7-13/h3-6,9,12-14,16H,7-8,10-11H2,1-2H3,(H,22,24)/t13-,14+,16-/m1/s1. The Bertz CT molecular complexity index is 861. The molecule has 27 heavy (non-hydrogen) atoms. The Labute approximate surface area is 163 Å². The average molecular weight is 385 g/mol. The van der Waals surface area contributed by atoms with Crippen LogP contribution in [0.15, 0.2) is 35.7 Å². The SMILES string of the molecule is COc1ccc(-c2nc(CC(=O)NC[C@H]3C[C@@H]4C=C[C@H]3C4)cs2)cc1OC. The Balaban J connectivity index is 1.35. The molecule has 6 heteroatoms. The van der Waals surface area contributed by atoms with Gasteiger partial charge in [0.05, 0.1) is 26.3 Å². The van der Waals surface area contributed by atoms with Gasteiger partial charge in [0.15, 0.2) is 11.5 Å². The Kier molecular flexibility index (Phi) is 5.16. The van der Waals surface area contributed by atoms with Crippen LogP contribution < -0.4 is 14.8 Å². The largest absolute Gasteiger partial charge is 0.493 e. The van der Waals surface area contributed by atoms with E-state index in [4.69, 9.17) is 9.47 Å². The zero-order chi connectivity index (χ0) is 18.8. The number of nitrogens with zero attached hydrogens (tertiary/aromatic N) is 1. The predicted octanol–water partition coefficient (Wildman–Crippen LogP) is 3.70. The average Bonchev–Trinajstić information content (AvgIpc) is 3.43. The summed E-state index contributed by atoms with van der Waals surface area (Å²) in [4.78, 5) is 16.9. The molecule has 0 saturated heterocycles. The first-order valence-corrected chi connectivity index (χ1v) is 10.2.